The van der Waals surface area contributed by atoms with E-state index in [1.54, 1.807) is 43.2 Å². The highest BCUT2D eigenvalue weighted by Crippen LogP contribution is 2.38. The van der Waals surface area contributed by atoms with Crippen LogP contribution >= 0.6 is 126 Å². The van der Waals surface area contributed by atoms with Crippen LogP contribution in [0.1, 0.15) is 374 Å². The van der Waals surface area contributed by atoms with E-state index in [0.717, 1.165) is 62.0 Å². The van der Waals surface area contributed by atoms with Gasteiger partial charge in [0, 0.05) is 72.2 Å². The molecule has 0 aromatic heterocycles. The molecule has 0 aliphatic carbocycles. The predicted molar refractivity (Wildman–Crippen MR) is 496 cm³/mol. The smallest absolute Gasteiger partial charge is 0.307 e. The van der Waals surface area contributed by atoms with Crippen molar-refractivity contribution < 1.29 is 38.1 Å². The van der Waals surface area contributed by atoms with E-state index >= 15 is 0 Å². The second-order valence-corrected chi connectivity index (χ2v) is 46.9. The van der Waals surface area contributed by atoms with E-state index in [2.05, 4.69) is 49.4 Å². The summed E-state index contributed by atoms with van der Waals surface area (Å²) in [6.07, 6.45) is 68.6. The quantitative estimate of drug-likeness (QED) is 0.0249. The van der Waals surface area contributed by atoms with Crippen LogP contribution in [-0.4, -0.2) is 170 Å². The lowest BCUT2D eigenvalue weighted by Gasteiger charge is -2.25. The summed E-state index contributed by atoms with van der Waals surface area (Å²) < 4.78 is 22.8. The summed E-state index contributed by atoms with van der Waals surface area (Å²) in [4.78, 5) is 59.0. The Morgan fingerprint density at radius 1 is 0.208 bits per heavy atom. The van der Waals surface area contributed by atoms with Crippen molar-refractivity contribution >= 4 is 150 Å². The maximum Gasteiger partial charge on any atom is 0.307 e. The summed E-state index contributed by atoms with van der Waals surface area (Å²) in [6.45, 7) is 16.1. The molecule has 0 aromatic rings. The minimum Gasteiger partial charge on any atom is -0.465 e. The van der Waals surface area contributed by atoms with Crippen molar-refractivity contribution in [3.05, 3.63) is 0 Å². The van der Waals surface area contributed by atoms with Gasteiger partial charge in [-0.1, -0.05) is 397 Å². The number of unbranched alkanes of at least 4 members (excludes halogenated alkanes) is 44. The first-order valence-corrected chi connectivity index (χ1v) is 58.9. The Bertz CT molecular complexity index is 1570. The molecule has 23 heteroatoms. The fourth-order valence-corrected chi connectivity index (χ4v) is 27.1. The number of rotatable bonds is 92. The number of esters is 4. The molecule has 0 radical (unpaired) electrons. The Morgan fingerprint density at radius 3 is 0.566 bits per heavy atom. The predicted octanol–water partition coefficient (Wildman–Crippen LogP) is 29.0. The first kappa shape index (κ1) is 108. The number of ether oxygens (including phenoxy) is 4. The second kappa shape index (κ2) is 94.1. The van der Waals surface area contributed by atoms with Crippen molar-refractivity contribution in [2.45, 2.75) is 374 Å². The highest BCUT2D eigenvalue weighted by molar-refractivity contribution is 9.10. The highest BCUT2D eigenvalue weighted by Gasteiger charge is 2.16. The Hall–Kier alpha value is 1.96. The van der Waals surface area contributed by atoms with Crippen molar-refractivity contribution in [3.8, 4) is 0 Å². The number of hydrogen-bond acceptors (Lipinski definition) is 23. The van der Waals surface area contributed by atoms with Gasteiger partial charge in [-0.15, -0.1) is 0 Å². The summed E-state index contributed by atoms with van der Waals surface area (Å²) in [5.74, 6) is 6.97. The van der Waals surface area contributed by atoms with E-state index in [-0.39, 0.29) is 49.6 Å². The Kier molecular flexibility index (Phi) is 95.9. The van der Waals surface area contributed by atoms with Crippen LogP contribution in [0.5, 0.6) is 0 Å². The molecular weight excluding hydrogens is 1550 g/mol. The largest absolute Gasteiger partial charge is 0.465 e. The molecule has 0 aliphatic heterocycles. The van der Waals surface area contributed by atoms with Crippen molar-refractivity contribution in [1.82, 2.24) is 14.7 Å². The van der Waals surface area contributed by atoms with Gasteiger partial charge in [0.15, 0.2) is 0 Å². The number of carbonyl (C=O) groups excluding carboxylic acids is 4. The monoisotopic (exact) mass is 1710 g/mol. The lowest BCUT2D eigenvalue weighted by Crippen LogP contribution is -2.34. The minimum atomic E-state index is -0.192. The average molecular weight is 1720 g/mol. The maximum atomic E-state index is 13.1. The Morgan fingerprint density at radius 2 is 0.377 bits per heavy atom. The zero-order chi connectivity index (χ0) is 76.7. The zero-order valence-electron chi connectivity index (χ0n) is 68.8. The van der Waals surface area contributed by atoms with Crippen LogP contribution < -0.4 is 0 Å². The summed E-state index contributed by atoms with van der Waals surface area (Å²) in [5, 5.41) is 0. The van der Waals surface area contributed by atoms with Gasteiger partial charge in [-0.3, -0.25) is 19.2 Å². The molecule has 0 spiro atoms. The van der Waals surface area contributed by atoms with Gasteiger partial charge in [0.1, 0.15) is 26.4 Å². The van der Waals surface area contributed by atoms with E-state index in [1.165, 1.54) is 331 Å². The molecule has 0 N–H and O–H groups in total. The van der Waals surface area contributed by atoms with E-state index in [1.807, 2.05) is 82.5 Å². The molecule has 106 heavy (non-hydrogen) atoms. The Labute approximate surface area is 702 Å². The fraction of sp³-hybridized carbons (Fsp3) is 0.952. The molecule has 0 rings (SSSR count). The summed E-state index contributed by atoms with van der Waals surface area (Å²) in [7, 11) is 24.1. The zero-order valence-corrected chi connectivity index (χ0v) is 78.6. The summed E-state index contributed by atoms with van der Waals surface area (Å²) in [5.41, 5.74) is 0. The molecule has 0 aromatic carbocycles. The van der Waals surface area contributed by atoms with Crippen molar-refractivity contribution in [1.29, 1.82) is 0 Å². The van der Waals surface area contributed by atoms with Gasteiger partial charge in [0.25, 0.3) is 0 Å². The molecule has 0 atom stereocenters. The van der Waals surface area contributed by atoms with Crippen LogP contribution in [0.4, 0.5) is 0 Å². The van der Waals surface area contributed by atoms with Gasteiger partial charge >= 0.3 is 23.9 Å². The number of nitrogens with zero attached hydrogens (tertiary/aromatic N) is 3. The molecular formula is C83H163N3O8S12. The van der Waals surface area contributed by atoms with Gasteiger partial charge in [-0.25, -0.2) is 0 Å². The highest BCUT2D eigenvalue weighted by atomic mass is 33.5. The molecule has 0 unspecified atom stereocenters. The van der Waals surface area contributed by atoms with Crippen molar-refractivity contribution in [2.24, 2.45) is 0 Å². The molecule has 0 heterocycles. The number of hydrogen-bond donors (Lipinski definition) is 0. The van der Waals surface area contributed by atoms with Crippen LogP contribution in [0.2, 0.25) is 0 Å². The van der Waals surface area contributed by atoms with Crippen molar-refractivity contribution in [2.75, 3.05) is 132 Å². The number of carbonyl (C=O) groups is 4. The van der Waals surface area contributed by atoms with Crippen LogP contribution in [0.25, 0.3) is 0 Å². The molecule has 0 saturated carbocycles. The second-order valence-electron chi connectivity index (χ2n) is 29.0. The summed E-state index contributed by atoms with van der Waals surface area (Å²) >= 11 is 0. The minimum absolute atomic E-state index is 0.192. The third-order valence-electron chi connectivity index (χ3n) is 19.0. The first-order chi connectivity index (χ1) is 52.2. The first-order valence-electron chi connectivity index (χ1n) is 43.7. The van der Waals surface area contributed by atoms with E-state index in [9.17, 15) is 19.2 Å². The SMILES string of the molecule is CCCCCCCCCCCCCCSSSCCOC(=O)CCN(CCCN(C)CCCN(CCC(=O)OCCSSSCCCCCCCCCCCCCC)CCC(=O)OCCSSSCCCCCCCCCCCCCC)CCC(=O)OCCSSSCCCCCCCCCCCCCC. The molecule has 0 aliphatic rings. The van der Waals surface area contributed by atoms with Gasteiger partial charge in [-0.05, 0) is 111 Å². The molecule has 630 valence electrons. The lowest BCUT2D eigenvalue weighted by atomic mass is 10.1. The van der Waals surface area contributed by atoms with Gasteiger partial charge in [-0.2, -0.15) is 0 Å². The maximum absolute atomic E-state index is 13.1. The Balaban J connectivity index is 5.11. The van der Waals surface area contributed by atoms with Crippen LogP contribution in [-0.2, 0) is 38.1 Å². The molecule has 0 bridgehead atoms. The van der Waals surface area contributed by atoms with Crippen molar-refractivity contribution in [3.63, 3.8) is 0 Å². The third-order valence-corrected chi connectivity index (χ3v) is 36.1. The van der Waals surface area contributed by atoms with E-state index in [4.69, 9.17) is 18.9 Å². The standard InChI is InChI=1S/C83H163N3O8S12/c1-6-10-14-18-22-26-30-34-38-42-46-50-72-95-103-99-76-68-91-80(87)56-64-85(65-57-81(88)92-69-77-100-104-96-73-51-47-43-39-35-31-27-23-19-15-11-7-2)62-54-60-84(5)61-55-63-86(66-58-82(89)93-70-78-101-105-97-74-52-48-44-40-36-32-28-24-20-16-12-8-3)67-59-83(90)94-71-79-102-106-98-75-53-49-45-41-37-33-29-25-21-17-13-9-4/h6-79H2,1-5H3. The lowest BCUT2D eigenvalue weighted by molar-refractivity contribution is -0.145. The van der Waals surface area contributed by atoms with Crippen LogP contribution in [0.15, 0.2) is 0 Å². The van der Waals surface area contributed by atoms with Gasteiger partial charge in [0.05, 0.1) is 25.7 Å². The summed E-state index contributed by atoms with van der Waals surface area (Å²) in [6, 6.07) is 0. The van der Waals surface area contributed by atoms with E-state index < -0.39 is 0 Å². The van der Waals surface area contributed by atoms with Gasteiger partial charge in [0.2, 0.25) is 0 Å². The topological polar surface area (TPSA) is 115 Å². The molecule has 0 fully saturated rings. The average Bonchev–Trinajstić information content (AvgIpc) is 1.03. The fourth-order valence-electron chi connectivity index (χ4n) is 12.4. The molecule has 0 saturated heterocycles. The van der Waals surface area contributed by atoms with Gasteiger partial charge < -0.3 is 33.6 Å². The van der Waals surface area contributed by atoms with Crippen LogP contribution in [0, 0.1) is 0 Å². The van der Waals surface area contributed by atoms with Crippen LogP contribution in [0.3, 0.4) is 0 Å². The molecule has 0 amide bonds. The normalized spacial score (nSPS) is 11.7. The molecule has 11 nitrogen and oxygen atoms in total. The van der Waals surface area contributed by atoms with E-state index in [0.29, 0.717) is 52.6 Å². The third kappa shape index (κ3) is 89.9.